The molecule has 0 spiro atoms. The number of hydrogen-bond donors (Lipinski definition) is 3. The standard InChI is InChI=1S/C23H29N3O3/c1-16-12-17(2)14-26(13-16)15-22(27)25-21-7-5-4-6-20(21)23(28)24-18-8-10-19(29-3)11-9-18/h4-11,16-17H,12-15H2,1-3H3,(H,24,28)(H,25,27)/p+1/t16-,17-/m0/s1. The van der Waals surface area contributed by atoms with Crippen molar-refractivity contribution in [2.24, 2.45) is 11.8 Å². The van der Waals surface area contributed by atoms with Gasteiger partial charge < -0.3 is 20.3 Å². The summed E-state index contributed by atoms with van der Waals surface area (Å²) in [4.78, 5) is 26.7. The maximum absolute atomic E-state index is 12.7. The second-order valence-corrected chi connectivity index (χ2v) is 8.06. The van der Waals surface area contributed by atoms with Crippen LogP contribution in [0.1, 0.15) is 30.6 Å². The average molecular weight is 397 g/mol. The highest BCUT2D eigenvalue weighted by atomic mass is 16.5. The zero-order valence-electron chi connectivity index (χ0n) is 17.3. The van der Waals surface area contributed by atoms with Crippen LogP contribution in [0, 0.1) is 11.8 Å². The summed E-state index contributed by atoms with van der Waals surface area (Å²) in [6, 6.07) is 14.2. The Labute approximate surface area is 172 Å². The number of methoxy groups -OCH3 is 1. The molecule has 1 aliphatic heterocycles. The van der Waals surface area contributed by atoms with Crippen molar-refractivity contribution < 1.29 is 19.2 Å². The number of para-hydroxylation sites is 1. The van der Waals surface area contributed by atoms with E-state index < -0.39 is 0 Å². The van der Waals surface area contributed by atoms with Crippen LogP contribution < -0.4 is 20.3 Å². The SMILES string of the molecule is COc1ccc(NC(=O)c2ccccc2NC(=O)C[NH+]2C[C@@H](C)C[C@H](C)C2)cc1. The summed E-state index contributed by atoms with van der Waals surface area (Å²) < 4.78 is 5.13. The van der Waals surface area contributed by atoms with Gasteiger partial charge in [0.1, 0.15) is 5.75 Å². The van der Waals surface area contributed by atoms with Crippen LogP contribution in [0.2, 0.25) is 0 Å². The lowest BCUT2D eigenvalue weighted by Crippen LogP contribution is -3.15. The van der Waals surface area contributed by atoms with Crippen molar-refractivity contribution in [2.45, 2.75) is 20.3 Å². The van der Waals surface area contributed by atoms with E-state index in [1.807, 2.05) is 6.07 Å². The monoisotopic (exact) mass is 396 g/mol. The van der Waals surface area contributed by atoms with E-state index in [2.05, 4.69) is 24.5 Å². The Balaban J connectivity index is 1.64. The molecular formula is C23H30N3O3+. The minimum atomic E-state index is -0.265. The molecule has 1 fully saturated rings. The number of likely N-dealkylation sites (tertiary alicyclic amines) is 1. The molecule has 2 amide bonds. The number of hydrogen-bond acceptors (Lipinski definition) is 3. The molecule has 0 radical (unpaired) electrons. The summed E-state index contributed by atoms with van der Waals surface area (Å²) in [5, 5.41) is 5.80. The molecule has 154 valence electrons. The molecule has 0 aliphatic carbocycles. The minimum absolute atomic E-state index is 0.0639. The third kappa shape index (κ3) is 5.81. The van der Waals surface area contributed by atoms with Gasteiger partial charge in [-0.25, -0.2) is 0 Å². The molecule has 1 heterocycles. The molecule has 0 saturated carbocycles. The van der Waals surface area contributed by atoms with Crippen LogP contribution >= 0.6 is 0 Å². The van der Waals surface area contributed by atoms with Gasteiger partial charge in [-0.2, -0.15) is 0 Å². The van der Waals surface area contributed by atoms with Gasteiger partial charge in [-0.15, -0.1) is 0 Å². The molecule has 0 bridgehead atoms. The Kier molecular flexibility index (Phi) is 6.88. The highest BCUT2D eigenvalue weighted by Gasteiger charge is 2.27. The largest absolute Gasteiger partial charge is 0.497 e. The van der Waals surface area contributed by atoms with Crippen LogP contribution in [0.3, 0.4) is 0 Å². The molecule has 3 rings (SSSR count). The zero-order valence-corrected chi connectivity index (χ0v) is 17.3. The van der Waals surface area contributed by atoms with Gasteiger partial charge in [-0.1, -0.05) is 26.0 Å². The highest BCUT2D eigenvalue weighted by molar-refractivity contribution is 6.10. The van der Waals surface area contributed by atoms with Crippen molar-refractivity contribution in [2.75, 3.05) is 37.4 Å². The van der Waals surface area contributed by atoms with Crippen LogP contribution in [-0.2, 0) is 4.79 Å². The number of carbonyl (C=O) groups is 2. The first-order valence-corrected chi connectivity index (χ1v) is 10.1. The summed E-state index contributed by atoms with van der Waals surface area (Å²) in [5.41, 5.74) is 1.63. The Morgan fingerprint density at radius 3 is 2.31 bits per heavy atom. The Morgan fingerprint density at radius 1 is 1.00 bits per heavy atom. The van der Waals surface area contributed by atoms with Crippen molar-refractivity contribution >= 4 is 23.2 Å². The molecule has 6 heteroatoms. The zero-order chi connectivity index (χ0) is 20.8. The van der Waals surface area contributed by atoms with Crippen LogP contribution in [-0.4, -0.2) is 38.6 Å². The molecular weight excluding hydrogens is 366 g/mol. The van der Waals surface area contributed by atoms with Crippen LogP contribution in [0.4, 0.5) is 11.4 Å². The van der Waals surface area contributed by atoms with Crippen molar-refractivity contribution in [3.05, 3.63) is 54.1 Å². The topological polar surface area (TPSA) is 71.9 Å². The number of nitrogens with one attached hydrogen (secondary N) is 3. The highest BCUT2D eigenvalue weighted by Crippen LogP contribution is 2.19. The summed E-state index contributed by atoms with van der Waals surface area (Å²) >= 11 is 0. The van der Waals surface area contributed by atoms with Gasteiger partial charge in [0.2, 0.25) is 0 Å². The van der Waals surface area contributed by atoms with E-state index in [0.29, 0.717) is 35.3 Å². The summed E-state index contributed by atoms with van der Waals surface area (Å²) in [5.74, 6) is 1.65. The third-order valence-corrected chi connectivity index (χ3v) is 5.28. The summed E-state index contributed by atoms with van der Waals surface area (Å²) in [6.07, 6.45) is 1.22. The summed E-state index contributed by atoms with van der Waals surface area (Å²) in [6.45, 7) is 6.93. The van der Waals surface area contributed by atoms with Gasteiger partial charge in [0.25, 0.3) is 11.8 Å². The third-order valence-electron chi connectivity index (χ3n) is 5.28. The first-order chi connectivity index (χ1) is 13.9. The molecule has 0 aromatic heterocycles. The lowest BCUT2D eigenvalue weighted by Gasteiger charge is -2.31. The van der Waals surface area contributed by atoms with Crippen molar-refractivity contribution in [3.63, 3.8) is 0 Å². The molecule has 3 N–H and O–H groups in total. The average Bonchev–Trinajstić information content (AvgIpc) is 2.68. The second-order valence-electron chi connectivity index (χ2n) is 8.06. The molecule has 2 aromatic rings. The van der Waals surface area contributed by atoms with Gasteiger partial charge in [0, 0.05) is 17.5 Å². The normalized spacial score (nSPS) is 21.3. The van der Waals surface area contributed by atoms with Crippen LogP contribution in [0.5, 0.6) is 5.75 Å². The first kappa shape index (κ1) is 20.9. The summed E-state index contributed by atoms with van der Waals surface area (Å²) in [7, 11) is 1.60. The minimum Gasteiger partial charge on any atom is -0.497 e. The number of carbonyl (C=O) groups excluding carboxylic acids is 2. The van der Waals surface area contributed by atoms with E-state index >= 15 is 0 Å². The number of piperidine rings is 1. The van der Waals surface area contributed by atoms with Crippen molar-refractivity contribution in [1.29, 1.82) is 0 Å². The van der Waals surface area contributed by atoms with E-state index in [9.17, 15) is 9.59 Å². The molecule has 29 heavy (non-hydrogen) atoms. The quantitative estimate of drug-likeness (QED) is 0.702. The van der Waals surface area contributed by atoms with Gasteiger partial charge in [-0.05, 0) is 42.8 Å². The van der Waals surface area contributed by atoms with Gasteiger partial charge in [-0.3, -0.25) is 9.59 Å². The lowest BCUT2D eigenvalue weighted by molar-refractivity contribution is -0.904. The maximum atomic E-state index is 12.7. The number of ether oxygens (including phenoxy) is 1. The fourth-order valence-electron chi connectivity index (χ4n) is 4.15. The Hall–Kier alpha value is -2.86. The molecule has 1 aliphatic rings. The Morgan fingerprint density at radius 2 is 1.66 bits per heavy atom. The van der Waals surface area contributed by atoms with Crippen LogP contribution in [0.25, 0.3) is 0 Å². The lowest BCUT2D eigenvalue weighted by atomic mass is 9.92. The van der Waals surface area contributed by atoms with E-state index in [1.165, 1.54) is 11.3 Å². The fraction of sp³-hybridized carbons (Fsp3) is 0.391. The van der Waals surface area contributed by atoms with Gasteiger partial charge in [0.15, 0.2) is 6.54 Å². The second kappa shape index (κ2) is 9.56. The molecule has 0 unspecified atom stereocenters. The van der Waals surface area contributed by atoms with E-state index in [4.69, 9.17) is 4.74 Å². The van der Waals surface area contributed by atoms with E-state index in [1.54, 1.807) is 49.6 Å². The number of amides is 2. The predicted molar refractivity (Wildman–Crippen MR) is 115 cm³/mol. The van der Waals surface area contributed by atoms with Gasteiger partial charge in [0.05, 0.1) is 31.5 Å². The predicted octanol–water partition coefficient (Wildman–Crippen LogP) is 2.45. The molecule has 1 saturated heterocycles. The number of benzene rings is 2. The number of anilines is 2. The first-order valence-electron chi connectivity index (χ1n) is 10.1. The van der Waals surface area contributed by atoms with E-state index in [0.717, 1.165) is 18.8 Å². The molecule has 2 aromatic carbocycles. The van der Waals surface area contributed by atoms with Crippen molar-refractivity contribution in [3.8, 4) is 5.75 Å². The molecule has 2 atom stereocenters. The Bertz CT molecular complexity index is 841. The molecule has 6 nitrogen and oxygen atoms in total. The van der Waals surface area contributed by atoms with Gasteiger partial charge >= 0.3 is 0 Å². The number of quaternary nitrogens is 1. The van der Waals surface area contributed by atoms with E-state index in [-0.39, 0.29) is 11.8 Å². The fourth-order valence-corrected chi connectivity index (χ4v) is 4.15. The smallest absolute Gasteiger partial charge is 0.279 e. The van der Waals surface area contributed by atoms with Crippen LogP contribution in [0.15, 0.2) is 48.5 Å². The van der Waals surface area contributed by atoms with Crippen molar-refractivity contribution in [1.82, 2.24) is 0 Å². The maximum Gasteiger partial charge on any atom is 0.279 e. The number of rotatable bonds is 6.